The first-order valence-electron chi connectivity index (χ1n) is 13.9. The van der Waals surface area contributed by atoms with Crippen LogP contribution in [0.25, 0.3) is 11.1 Å². The summed E-state index contributed by atoms with van der Waals surface area (Å²) in [5.74, 6) is 1.28. The maximum absolute atomic E-state index is 13.6. The molecule has 3 saturated heterocycles. The van der Waals surface area contributed by atoms with E-state index in [1.54, 1.807) is 24.3 Å². The second-order valence-electron chi connectivity index (χ2n) is 11.4. The van der Waals surface area contributed by atoms with Crippen LogP contribution >= 0.6 is 0 Å². The van der Waals surface area contributed by atoms with Gasteiger partial charge in [0.15, 0.2) is 5.58 Å². The highest BCUT2D eigenvalue weighted by Gasteiger charge is 2.43. The van der Waals surface area contributed by atoms with Crippen molar-refractivity contribution in [1.82, 2.24) is 19.8 Å². The number of hydrogen-bond donors (Lipinski definition) is 1. The molecule has 4 aliphatic rings. The third kappa shape index (κ3) is 4.93. The number of pyridine rings is 1. The molecule has 3 aliphatic heterocycles. The number of carbonyl (C=O) groups excluding carboxylic acids is 2. The standard InChI is InChI=1S/C29H32N4O6/c34-27(19-3-4-23-25(10-19)39-29(36)31-23)32-12-21-14-33(15-22(21)13-32)28(35)20-9-24(18-1-2-18)30-26(11-20)38-16-17-5-7-37-8-6-17/h3-4,9-11,17-18,21-22H,1-2,5-8,12-16H2,(H,31,36)/t21-,22?/m0/s1. The van der Waals surface area contributed by atoms with E-state index >= 15 is 0 Å². The Bertz CT molecular complexity index is 1460. The SMILES string of the molecule is O=C(c1cc(OCC2CCOCC2)nc(C2CC2)c1)N1CC2CN(C(=O)c3ccc4[nH]c(=O)oc4c3)C[C@H]2C1. The van der Waals surface area contributed by atoms with Crippen LogP contribution in [0.4, 0.5) is 0 Å². The van der Waals surface area contributed by atoms with Gasteiger partial charge in [0.05, 0.1) is 12.1 Å². The van der Waals surface area contributed by atoms with Gasteiger partial charge < -0.3 is 23.7 Å². The Morgan fingerprint density at radius 2 is 1.62 bits per heavy atom. The molecule has 2 atom stereocenters. The van der Waals surface area contributed by atoms with Crippen molar-refractivity contribution in [3.63, 3.8) is 0 Å². The predicted octanol–water partition coefficient (Wildman–Crippen LogP) is 3.04. The number of rotatable bonds is 6. The molecule has 2 amide bonds. The Morgan fingerprint density at radius 1 is 0.923 bits per heavy atom. The number of aromatic amines is 1. The molecule has 3 aromatic rings. The van der Waals surface area contributed by atoms with Crippen molar-refractivity contribution >= 4 is 22.9 Å². The lowest BCUT2D eigenvalue weighted by Crippen LogP contribution is -2.35. The van der Waals surface area contributed by atoms with Gasteiger partial charge in [-0.15, -0.1) is 0 Å². The van der Waals surface area contributed by atoms with Crippen molar-refractivity contribution in [2.45, 2.75) is 31.6 Å². The lowest BCUT2D eigenvalue weighted by atomic mass is 10.0. The first-order chi connectivity index (χ1) is 19.0. The molecule has 1 aromatic carbocycles. The van der Waals surface area contributed by atoms with Crippen molar-refractivity contribution in [3.8, 4) is 5.88 Å². The van der Waals surface area contributed by atoms with E-state index in [-0.39, 0.29) is 23.7 Å². The number of nitrogens with zero attached hydrogens (tertiary/aromatic N) is 3. The largest absolute Gasteiger partial charge is 0.477 e. The van der Waals surface area contributed by atoms with Gasteiger partial charge in [-0.2, -0.15) is 0 Å². The normalized spacial score (nSPS) is 23.4. The monoisotopic (exact) mass is 532 g/mol. The van der Waals surface area contributed by atoms with Crippen LogP contribution in [0.1, 0.15) is 58.0 Å². The van der Waals surface area contributed by atoms with Gasteiger partial charge in [0.2, 0.25) is 5.88 Å². The smallest absolute Gasteiger partial charge is 0.417 e. The maximum atomic E-state index is 13.6. The van der Waals surface area contributed by atoms with Gasteiger partial charge in [0.25, 0.3) is 11.8 Å². The first-order valence-corrected chi connectivity index (χ1v) is 13.9. The fourth-order valence-electron chi connectivity index (χ4n) is 6.20. The number of H-pyrrole nitrogens is 1. The molecule has 1 unspecified atom stereocenters. The highest BCUT2D eigenvalue weighted by molar-refractivity contribution is 5.97. The predicted molar refractivity (Wildman–Crippen MR) is 141 cm³/mol. The van der Waals surface area contributed by atoms with E-state index in [2.05, 4.69) is 4.98 Å². The van der Waals surface area contributed by atoms with Crippen molar-refractivity contribution in [2.24, 2.45) is 17.8 Å². The van der Waals surface area contributed by atoms with Crippen LogP contribution in [0.5, 0.6) is 5.88 Å². The van der Waals surface area contributed by atoms with Gasteiger partial charge >= 0.3 is 5.76 Å². The summed E-state index contributed by atoms with van der Waals surface area (Å²) in [6.07, 6.45) is 4.18. The van der Waals surface area contributed by atoms with Crippen molar-refractivity contribution < 1.29 is 23.5 Å². The van der Waals surface area contributed by atoms with Gasteiger partial charge in [0, 0.05) is 80.0 Å². The first kappa shape index (κ1) is 24.4. The zero-order valence-corrected chi connectivity index (χ0v) is 21.8. The molecule has 10 heteroatoms. The zero-order valence-electron chi connectivity index (χ0n) is 21.8. The Balaban J connectivity index is 1.01. The number of aromatic nitrogens is 2. The Morgan fingerprint density at radius 3 is 2.31 bits per heavy atom. The maximum Gasteiger partial charge on any atom is 0.417 e. The van der Waals surface area contributed by atoms with Gasteiger partial charge in [0.1, 0.15) is 0 Å². The highest BCUT2D eigenvalue weighted by Crippen LogP contribution is 2.40. The number of ether oxygens (including phenoxy) is 2. The molecule has 0 bridgehead atoms. The zero-order chi connectivity index (χ0) is 26.5. The molecule has 39 heavy (non-hydrogen) atoms. The molecule has 204 valence electrons. The van der Waals surface area contributed by atoms with Crippen molar-refractivity contribution in [1.29, 1.82) is 0 Å². The van der Waals surface area contributed by atoms with E-state index in [1.807, 2.05) is 15.9 Å². The summed E-state index contributed by atoms with van der Waals surface area (Å²) >= 11 is 0. The molecule has 1 saturated carbocycles. The van der Waals surface area contributed by atoms with Crippen LogP contribution in [0, 0.1) is 17.8 Å². The van der Waals surface area contributed by atoms with Crippen molar-refractivity contribution in [2.75, 3.05) is 46.0 Å². The average Bonchev–Trinajstić information content (AvgIpc) is 3.46. The third-order valence-electron chi connectivity index (χ3n) is 8.60. The summed E-state index contributed by atoms with van der Waals surface area (Å²) in [5.41, 5.74) is 3.04. The number of amides is 2. The number of likely N-dealkylation sites (tertiary alicyclic amines) is 2. The second-order valence-corrected chi connectivity index (χ2v) is 11.4. The molecule has 4 fully saturated rings. The summed E-state index contributed by atoms with van der Waals surface area (Å²) in [7, 11) is 0. The number of nitrogens with one attached hydrogen (secondary N) is 1. The summed E-state index contributed by atoms with van der Waals surface area (Å²) in [6, 6.07) is 8.76. The van der Waals surface area contributed by atoms with Crippen LogP contribution in [0.15, 0.2) is 39.5 Å². The average molecular weight is 533 g/mol. The molecule has 10 nitrogen and oxygen atoms in total. The molecular formula is C29H32N4O6. The lowest BCUT2D eigenvalue weighted by molar-refractivity contribution is 0.0490. The Hall–Kier alpha value is -3.66. The minimum absolute atomic E-state index is 0.00966. The van der Waals surface area contributed by atoms with Crippen LogP contribution < -0.4 is 10.5 Å². The van der Waals surface area contributed by atoms with Gasteiger partial charge in [-0.05, 0) is 55.9 Å². The molecule has 2 aromatic heterocycles. The van der Waals surface area contributed by atoms with Crippen LogP contribution in [-0.4, -0.2) is 77.6 Å². The minimum atomic E-state index is -0.536. The lowest BCUT2D eigenvalue weighted by Gasteiger charge is -2.23. The van der Waals surface area contributed by atoms with Gasteiger partial charge in [-0.25, -0.2) is 9.78 Å². The van der Waals surface area contributed by atoms with Crippen LogP contribution in [-0.2, 0) is 4.74 Å². The number of fused-ring (bicyclic) bond motifs is 2. The van der Waals surface area contributed by atoms with E-state index < -0.39 is 5.76 Å². The molecule has 1 N–H and O–H groups in total. The van der Waals surface area contributed by atoms with E-state index in [9.17, 15) is 14.4 Å². The summed E-state index contributed by atoms with van der Waals surface area (Å²) < 4.78 is 16.7. The summed E-state index contributed by atoms with van der Waals surface area (Å²) in [6.45, 7) is 4.59. The Kier molecular flexibility index (Phi) is 6.14. The molecule has 5 heterocycles. The number of benzene rings is 1. The third-order valence-corrected chi connectivity index (χ3v) is 8.60. The summed E-state index contributed by atoms with van der Waals surface area (Å²) in [5, 5.41) is 0. The summed E-state index contributed by atoms with van der Waals surface area (Å²) in [4.78, 5) is 49.3. The molecular weight excluding hydrogens is 500 g/mol. The molecule has 7 rings (SSSR count). The van der Waals surface area contributed by atoms with Crippen LogP contribution in [0.3, 0.4) is 0 Å². The fraction of sp³-hybridized carbons (Fsp3) is 0.517. The van der Waals surface area contributed by atoms with Gasteiger partial charge in [-0.1, -0.05) is 0 Å². The number of hydrogen-bond acceptors (Lipinski definition) is 7. The topological polar surface area (TPSA) is 118 Å². The van der Waals surface area contributed by atoms with E-state index in [4.69, 9.17) is 18.9 Å². The molecule has 0 spiro atoms. The minimum Gasteiger partial charge on any atom is -0.477 e. The van der Waals surface area contributed by atoms with Crippen LogP contribution in [0.2, 0.25) is 0 Å². The highest BCUT2D eigenvalue weighted by atomic mass is 16.5. The number of carbonyl (C=O) groups is 2. The fourth-order valence-corrected chi connectivity index (χ4v) is 6.20. The molecule has 0 radical (unpaired) electrons. The Labute approximate surface area is 225 Å². The quantitative estimate of drug-likeness (QED) is 0.518. The van der Waals surface area contributed by atoms with Crippen molar-refractivity contribution in [3.05, 3.63) is 57.7 Å². The van der Waals surface area contributed by atoms with E-state index in [0.29, 0.717) is 72.7 Å². The molecule has 1 aliphatic carbocycles. The second kappa shape index (κ2) is 9.82. The number of oxazole rings is 1. The van der Waals surface area contributed by atoms with Gasteiger partial charge in [-0.3, -0.25) is 14.6 Å². The van der Waals surface area contributed by atoms with E-state index in [0.717, 1.165) is 44.6 Å². The van der Waals surface area contributed by atoms with E-state index in [1.165, 1.54) is 0 Å².